The highest BCUT2D eigenvalue weighted by molar-refractivity contribution is 14.1. The molecule has 0 spiro atoms. The smallest absolute Gasteiger partial charge is 0.354 e. The third-order valence-corrected chi connectivity index (χ3v) is 2.58. The van der Waals surface area contributed by atoms with Crippen LogP contribution in [0.2, 0.25) is 0 Å². The van der Waals surface area contributed by atoms with Crippen molar-refractivity contribution in [2.24, 2.45) is 0 Å². The predicted molar refractivity (Wildman–Crippen MR) is 72.4 cm³/mol. The molecule has 0 amide bonds. The summed E-state index contributed by atoms with van der Waals surface area (Å²) in [5, 5.41) is 8.82. The quantitative estimate of drug-likeness (QED) is 0.851. The van der Waals surface area contributed by atoms with Gasteiger partial charge in [-0.05, 0) is 12.1 Å². The average Bonchev–Trinajstić information content (AvgIpc) is 2.40. The van der Waals surface area contributed by atoms with Gasteiger partial charge >= 0.3 is 5.97 Å². The minimum absolute atomic E-state index is 0.0953. The lowest BCUT2D eigenvalue weighted by atomic mass is 10.3. The van der Waals surface area contributed by atoms with Gasteiger partial charge in [0.05, 0.1) is 6.20 Å². The van der Waals surface area contributed by atoms with Gasteiger partial charge in [-0.15, -0.1) is 0 Å². The minimum Gasteiger partial charge on any atom is -0.477 e. The van der Waals surface area contributed by atoms with Crippen molar-refractivity contribution >= 4 is 29.0 Å². The summed E-state index contributed by atoms with van der Waals surface area (Å²) in [6, 6.07) is 10.4. The Bertz CT molecular complexity index is 559. The Labute approximate surface area is 117 Å². The normalized spacial score (nSPS) is 9.83. The van der Waals surface area contributed by atoms with E-state index in [-0.39, 0.29) is 5.69 Å². The van der Waals surface area contributed by atoms with Crippen LogP contribution in [0.4, 0.5) is 0 Å². The molecule has 1 aromatic heterocycles. The number of carboxylic acid groups (broad SMARTS) is 1. The van der Waals surface area contributed by atoms with Crippen LogP contribution in [0.1, 0.15) is 10.5 Å². The van der Waals surface area contributed by atoms with Crippen LogP contribution in [0, 0.1) is 0 Å². The van der Waals surface area contributed by atoms with Crippen LogP contribution < -0.4 is 7.80 Å². The summed E-state index contributed by atoms with van der Waals surface area (Å²) in [6.45, 7) is 0. The van der Waals surface area contributed by atoms with E-state index in [1.807, 2.05) is 18.2 Å². The van der Waals surface area contributed by atoms with Gasteiger partial charge in [0.2, 0.25) is 0 Å². The number of para-hydroxylation sites is 1. The van der Waals surface area contributed by atoms with Gasteiger partial charge in [-0.1, -0.05) is 18.2 Å². The Kier molecular flexibility index (Phi) is 3.98. The molecule has 1 N–H and O–H groups in total. The SMILES string of the molecule is O=C(O)c1cc(OI)c(Oc2ccccc2)cn1. The summed E-state index contributed by atoms with van der Waals surface area (Å²) < 4.78 is 10.6. The van der Waals surface area contributed by atoms with E-state index in [1.165, 1.54) is 12.3 Å². The van der Waals surface area contributed by atoms with Gasteiger partial charge in [-0.3, -0.25) is 0 Å². The maximum atomic E-state index is 10.8. The highest BCUT2D eigenvalue weighted by atomic mass is 127. The Morgan fingerprint density at radius 2 is 1.94 bits per heavy atom. The molecule has 0 radical (unpaired) electrons. The molecule has 1 aromatic carbocycles. The zero-order chi connectivity index (χ0) is 13.0. The van der Waals surface area contributed by atoms with Gasteiger partial charge in [-0.25, -0.2) is 9.78 Å². The first-order chi connectivity index (χ1) is 8.70. The van der Waals surface area contributed by atoms with Gasteiger partial charge in [0, 0.05) is 6.07 Å². The number of pyridine rings is 1. The van der Waals surface area contributed by atoms with Crippen LogP contribution >= 0.6 is 23.0 Å². The summed E-state index contributed by atoms with van der Waals surface area (Å²) in [4.78, 5) is 14.6. The van der Waals surface area contributed by atoms with E-state index < -0.39 is 5.97 Å². The molecule has 0 aliphatic heterocycles. The number of nitrogens with zero attached hydrogens (tertiary/aromatic N) is 1. The zero-order valence-electron chi connectivity index (χ0n) is 9.04. The van der Waals surface area contributed by atoms with Crippen molar-refractivity contribution in [2.75, 3.05) is 0 Å². The molecule has 0 bridgehead atoms. The monoisotopic (exact) mass is 357 g/mol. The van der Waals surface area contributed by atoms with Gasteiger partial charge in [0.1, 0.15) is 5.75 Å². The van der Waals surface area contributed by atoms with Crippen LogP contribution in [0.25, 0.3) is 0 Å². The number of ether oxygens (including phenoxy) is 1. The van der Waals surface area contributed by atoms with Gasteiger partial charge in [0.25, 0.3) is 0 Å². The lowest BCUT2D eigenvalue weighted by molar-refractivity contribution is 0.0690. The molecule has 0 atom stereocenters. The molecule has 18 heavy (non-hydrogen) atoms. The maximum absolute atomic E-state index is 10.8. The molecule has 0 saturated heterocycles. The van der Waals surface area contributed by atoms with Crippen LogP contribution in [0.15, 0.2) is 42.6 Å². The molecular formula is C12H8INO4. The maximum Gasteiger partial charge on any atom is 0.354 e. The Morgan fingerprint density at radius 1 is 1.22 bits per heavy atom. The fourth-order valence-corrected chi connectivity index (χ4v) is 1.64. The van der Waals surface area contributed by atoms with Crippen molar-refractivity contribution < 1.29 is 17.7 Å². The fraction of sp³-hybridized carbons (Fsp3) is 0. The summed E-state index contributed by atoms with van der Waals surface area (Å²) in [7, 11) is 0. The van der Waals surface area contributed by atoms with Gasteiger partial charge in [-0.2, -0.15) is 0 Å². The van der Waals surface area contributed by atoms with Crippen LogP contribution in [0.5, 0.6) is 17.2 Å². The number of halogens is 1. The molecule has 0 fully saturated rings. The Morgan fingerprint density at radius 3 is 2.56 bits per heavy atom. The molecule has 0 aliphatic rings. The molecule has 2 rings (SSSR count). The molecular weight excluding hydrogens is 349 g/mol. The summed E-state index contributed by atoms with van der Waals surface area (Å²) in [6.07, 6.45) is 1.32. The largest absolute Gasteiger partial charge is 0.477 e. The van der Waals surface area contributed by atoms with Crippen molar-refractivity contribution in [2.45, 2.75) is 0 Å². The van der Waals surface area contributed by atoms with Crippen molar-refractivity contribution in [3.8, 4) is 17.2 Å². The number of hydrogen-bond donors (Lipinski definition) is 1. The number of benzene rings is 1. The number of aromatic carboxylic acids is 1. The molecule has 92 valence electrons. The van der Waals surface area contributed by atoms with E-state index >= 15 is 0 Å². The lowest BCUT2D eigenvalue weighted by Gasteiger charge is -2.08. The Balaban J connectivity index is 2.31. The highest BCUT2D eigenvalue weighted by Crippen LogP contribution is 2.32. The van der Waals surface area contributed by atoms with Crippen LogP contribution in [0.3, 0.4) is 0 Å². The summed E-state index contributed by atoms with van der Waals surface area (Å²) in [5.41, 5.74) is -0.0953. The number of aromatic nitrogens is 1. The summed E-state index contributed by atoms with van der Waals surface area (Å²) in [5.74, 6) is 0.181. The van der Waals surface area contributed by atoms with Gasteiger partial charge < -0.3 is 12.9 Å². The second kappa shape index (κ2) is 5.67. The standard InChI is InChI=1S/C12H8INO4/c13-18-10-6-9(12(15)16)14-7-11(10)17-8-4-2-1-3-5-8/h1-7H,(H,15,16). The van der Waals surface area contributed by atoms with Crippen molar-refractivity contribution in [1.82, 2.24) is 4.98 Å². The highest BCUT2D eigenvalue weighted by Gasteiger charge is 2.12. The molecule has 2 aromatic rings. The van der Waals surface area contributed by atoms with E-state index in [4.69, 9.17) is 12.9 Å². The Hall–Kier alpha value is -1.83. The van der Waals surface area contributed by atoms with Gasteiger partial charge in [0.15, 0.2) is 40.2 Å². The van der Waals surface area contributed by atoms with E-state index in [2.05, 4.69) is 4.98 Å². The zero-order valence-corrected chi connectivity index (χ0v) is 11.2. The predicted octanol–water partition coefficient (Wildman–Crippen LogP) is 3.30. The van der Waals surface area contributed by atoms with Crippen molar-refractivity contribution in [3.05, 3.63) is 48.3 Å². The third-order valence-electron chi connectivity index (χ3n) is 2.10. The van der Waals surface area contributed by atoms with E-state index in [0.29, 0.717) is 17.2 Å². The number of hydrogen-bond acceptors (Lipinski definition) is 4. The number of carboxylic acids is 1. The molecule has 1 heterocycles. The fourth-order valence-electron chi connectivity index (χ4n) is 1.29. The second-order valence-corrected chi connectivity index (χ2v) is 3.75. The molecule has 0 saturated carbocycles. The first kappa shape index (κ1) is 12.6. The second-order valence-electron chi connectivity index (χ2n) is 3.31. The average molecular weight is 357 g/mol. The topological polar surface area (TPSA) is 68.7 Å². The minimum atomic E-state index is -1.11. The first-order valence-corrected chi connectivity index (χ1v) is 5.83. The van der Waals surface area contributed by atoms with E-state index in [1.54, 1.807) is 35.1 Å². The van der Waals surface area contributed by atoms with Crippen molar-refractivity contribution in [1.29, 1.82) is 0 Å². The molecule has 6 heteroatoms. The van der Waals surface area contributed by atoms with E-state index in [9.17, 15) is 4.79 Å². The lowest BCUT2D eigenvalue weighted by Crippen LogP contribution is -2.00. The number of rotatable bonds is 4. The first-order valence-electron chi connectivity index (χ1n) is 4.95. The van der Waals surface area contributed by atoms with E-state index in [0.717, 1.165) is 0 Å². The van der Waals surface area contributed by atoms with Crippen molar-refractivity contribution in [3.63, 3.8) is 0 Å². The third kappa shape index (κ3) is 2.89. The van der Waals surface area contributed by atoms with Crippen LogP contribution in [-0.4, -0.2) is 16.1 Å². The number of carbonyl (C=O) groups is 1. The summed E-state index contributed by atoms with van der Waals surface area (Å²) >= 11 is 1.66. The molecule has 5 nitrogen and oxygen atoms in total. The molecule has 0 unspecified atom stereocenters. The van der Waals surface area contributed by atoms with Crippen LogP contribution in [-0.2, 0) is 0 Å². The molecule has 0 aliphatic carbocycles.